The number of carboxylic acid groups (broad SMARTS) is 2. The minimum Gasteiger partial charge on any atom is -0.477 e. The van der Waals surface area contributed by atoms with Gasteiger partial charge in [0.1, 0.15) is 11.4 Å². The molecule has 130 valence electrons. The van der Waals surface area contributed by atoms with Crippen molar-refractivity contribution < 1.29 is 19.8 Å². The van der Waals surface area contributed by atoms with E-state index in [2.05, 4.69) is 9.97 Å². The number of hydrogen-bond donors (Lipinski definition) is 4. The number of aromatic carboxylic acids is 2. The Morgan fingerprint density at radius 2 is 1.08 bits per heavy atom. The molecule has 0 saturated carbocycles. The predicted molar refractivity (Wildman–Crippen MR) is 91.1 cm³/mol. The molecule has 0 fully saturated rings. The van der Waals surface area contributed by atoms with Crippen molar-refractivity contribution in [1.29, 1.82) is 0 Å². The van der Waals surface area contributed by atoms with Gasteiger partial charge in [0.2, 0.25) is 0 Å². The highest BCUT2D eigenvalue weighted by Crippen LogP contribution is 2.23. The van der Waals surface area contributed by atoms with Crippen LogP contribution < -0.4 is 0 Å². The summed E-state index contributed by atoms with van der Waals surface area (Å²) in [5.41, 5.74) is 6.11. The second kappa shape index (κ2) is 6.95. The number of aromatic nitrogens is 2. The summed E-state index contributed by atoms with van der Waals surface area (Å²) in [5.74, 6) is -1.86. The van der Waals surface area contributed by atoms with Gasteiger partial charge in [0.05, 0.1) is 0 Å². The van der Waals surface area contributed by atoms with Crippen molar-refractivity contribution in [2.45, 2.75) is 53.4 Å². The molecule has 0 radical (unpaired) electrons. The Morgan fingerprint density at radius 1 is 0.750 bits per heavy atom. The standard InChI is InChI=1S/C18H24N2O4/c1-9-13(11(3)19-15(9)17(21)22)7-5-6-8-14-10(2)16(18(23)24)20-12(14)4/h19-20H,5-8H2,1-4H3,(H,21,22)(H,23,24). The zero-order valence-corrected chi connectivity index (χ0v) is 14.5. The first-order valence-electron chi connectivity index (χ1n) is 8.06. The summed E-state index contributed by atoms with van der Waals surface area (Å²) in [6.07, 6.45) is 3.47. The second-order valence-corrected chi connectivity index (χ2v) is 6.27. The minimum absolute atomic E-state index is 0.269. The molecule has 24 heavy (non-hydrogen) atoms. The molecule has 0 atom stereocenters. The van der Waals surface area contributed by atoms with E-state index in [9.17, 15) is 9.59 Å². The Morgan fingerprint density at radius 3 is 1.33 bits per heavy atom. The molecule has 0 saturated heterocycles. The van der Waals surface area contributed by atoms with Gasteiger partial charge < -0.3 is 20.2 Å². The fraction of sp³-hybridized carbons (Fsp3) is 0.444. The van der Waals surface area contributed by atoms with Crippen LogP contribution in [0.1, 0.15) is 67.5 Å². The third-order valence-electron chi connectivity index (χ3n) is 4.72. The Labute approximate surface area is 140 Å². The first-order valence-corrected chi connectivity index (χ1v) is 8.06. The van der Waals surface area contributed by atoms with E-state index in [4.69, 9.17) is 10.2 Å². The largest absolute Gasteiger partial charge is 0.477 e. The fourth-order valence-corrected chi connectivity index (χ4v) is 3.36. The number of carbonyl (C=O) groups is 2. The van der Waals surface area contributed by atoms with Crippen LogP contribution in [-0.4, -0.2) is 32.1 Å². The number of carboxylic acids is 2. The van der Waals surface area contributed by atoms with Gasteiger partial charge in [-0.3, -0.25) is 0 Å². The maximum absolute atomic E-state index is 11.2. The normalized spacial score (nSPS) is 11.0. The van der Waals surface area contributed by atoms with Crippen molar-refractivity contribution >= 4 is 11.9 Å². The zero-order valence-electron chi connectivity index (χ0n) is 14.5. The Kier molecular flexibility index (Phi) is 5.17. The van der Waals surface area contributed by atoms with Crippen LogP contribution >= 0.6 is 0 Å². The number of aryl methyl sites for hydroxylation is 2. The summed E-state index contributed by atoms with van der Waals surface area (Å²) in [5, 5.41) is 18.3. The average Bonchev–Trinajstić information content (AvgIpc) is 2.94. The molecule has 2 rings (SSSR count). The van der Waals surface area contributed by atoms with Gasteiger partial charge in [0.15, 0.2) is 0 Å². The van der Waals surface area contributed by atoms with Crippen molar-refractivity contribution in [3.8, 4) is 0 Å². The van der Waals surface area contributed by atoms with Gasteiger partial charge in [-0.15, -0.1) is 0 Å². The molecule has 0 unspecified atom stereocenters. The zero-order chi connectivity index (χ0) is 18.0. The molecule has 0 aliphatic carbocycles. The van der Waals surface area contributed by atoms with Gasteiger partial charge in [-0.05, 0) is 75.6 Å². The lowest BCUT2D eigenvalue weighted by Crippen LogP contribution is -1.99. The smallest absolute Gasteiger partial charge is 0.352 e. The van der Waals surface area contributed by atoms with Gasteiger partial charge in [0.25, 0.3) is 0 Å². The van der Waals surface area contributed by atoms with Crippen molar-refractivity contribution in [3.05, 3.63) is 45.0 Å². The number of nitrogens with one attached hydrogen (secondary N) is 2. The van der Waals surface area contributed by atoms with Crippen molar-refractivity contribution in [3.63, 3.8) is 0 Å². The molecular weight excluding hydrogens is 308 g/mol. The number of aromatic amines is 2. The Balaban J connectivity index is 2.00. The third-order valence-corrected chi connectivity index (χ3v) is 4.72. The first kappa shape index (κ1) is 17.8. The number of H-pyrrole nitrogens is 2. The van der Waals surface area contributed by atoms with Crippen LogP contribution in [0.15, 0.2) is 0 Å². The lowest BCUT2D eigenvalue weighted by atomic mass is 9.99. The molecule has 2 aromatic heterocycles. The van der Waals surface area contributed by atoms with E-state index in [1.807, 2.05) is 27.7 Å². The monoisotopic (exact) mass is 332 g/mol. The highest BCUT2D eigenvalue weighted by atomic mass is 16.4. The molecule has 0 spiro atoms. The molecule has 2 heterocycles. The van der Waals surface area contributed by atoms with Crippen LogP contribution in [0.5, 0.6) is 0 Å². The van der Waals surface area contributed by atoms with E-state index in [0.29, 0.717) is 0 Å². The third kappa shape index (κ3) is 3.37. The van der Waals surface area contributed by atoms with Crippen LogP contribution in [-0.2, 0) is 12.8 Å². The summed E-state index contributed by atoms with van der Waals surface area (Å²) >= 11 is 0. The summed E-state index contributed by atoms with van der Waals surface area (Å²) < 4.78 is 0. The molecule has 6 nitrogen and oxygen atoms in total. The summed E-state index contributed by atoms with van der Waals surface area (Å²) in [4.78, 5) is 28.2. The molecule has 6 heteroatoms. The number of rotatable bonds is 7. The summed E-state index contributed by atoms with van der Waals surface area (Å²) in [6, 6.07) is 0. The topological polar surface area (TPSA) is 106 Å². The number of unbranched alkanes of at least 4 members (excludes halogenated alkanes) is 1. The van der Waals surface area contributed by atoms with E-state index >= 15 is 0 Å². The molecule has 2 aromatic rings. The van der Waals surface area contributed by atoms with Crippen LogP contribution in [0.25, 0.3) is 0 Å². The lowest BCUT2D eigenvalue weighted by Gasteiger charge is -2.05. The summed E-state index contributed by atoms with van der Waals surface area (Å²) in [7, 11) is 0. The molecule has 0 amide bonds. The van der Waals surface area contributed by atoms with Gasteiger partial charge in [-0.1, -0.05) is 0 Å². The van der Waals surface area contributed by atoms with Crippen molar-refractivity contribution in [2.24, 2.45) is 0 Å². The molecular formula is C18H24N2O4. The van der Waals surface area contributed by atoms with Crippen LogP contribution in [0.4, 0.5) is 0 Å². The fourth-order valence-electron chi connectivity index (χ4n) is 3.36. The second-order valence-electron chi connectivity index (χ2n) is 6.27. The molecule has 0 aliphatic heterocycles. The molecule has 4 N–H and O–H groups in total. The Bertz CT molecular complexity index is 717. The van der Waals surface area contributed by atoms with Crippen molar-refractivity contribution in [1.82, 2.24) is 9.97 Å². The van der Waals surface area contributed by atoms with Gasteiger partial charge >= 0.3 is 11.9 Å². The van der Waals surface area contributed by atoms with E-state index in [0.717, 1.165) is 59.3 Å². The van der Waals surface area contributed by atoms with E-state index in [-0.39, 0.29) is 11.4 Å². The maximum atomic E-state index is 11.2. The van der Waals surface area contributed by atoms with E-state index in [1.165, 1.54) is 0 Å². The molecule has 0 aromatic carbocycles. The van der Waals surface area contributed by atoms with E-state index < -0.39 is 11.9 Å². The van der Waals surface area contributed by atoms with Gasteiger partial charge in [-0.25, -0.2) is 9.59 Å². The van der Waals surface area contributed by atoms with Gasteiger partial charge in [-0.2, -0.15) is 0 Å². The van der Waals surface area contributed by atoms with Crippen LogP contribution in [0.2, 0.25) is 0 Å². The highest BCUT2D eigenvalue weighted by Gasteiger charge is 2.17. The lowest BCUT2D eigenvalue weighted by molar-refractivity contribution is 0.0679. The molecule has 0 bridgehead atoms. The van der Waals surface area contributed by atoms with Gasteiger partial charge in [0, 0.05) is 11.4 Å². The summed E-state index contributed by atoms with van der Waals surface area (Å²) in [6.45, 7) is 7.46. The van der Waals surface area contributed by atoms with Crippen LogP contribution in [0.3, 0.4) is 0 Å². The highest BCUT2D eigenvalue weighted by molar-refractivity contribution is 5.88. The quantitative estimate of drug-likeness (QED) is 0.582. The van der Waals surface area contributed by atoms with Crippen molar-refractivity contribution in [2.75, 3.05) is 0 Å². The Hall–Kier alpha value is -2.50. The van der Waals surface area contributed by atoms with Crippen LogP contribution in [0, 0.1) is 27.7 Å². The predicted octanol–water partition coefficient (Wildman–Crippen LogP) is 3.54. The minimum atomic E-state index is -0.929. The average molecular weight is 332 g/mol. The maximum Gasteiger partial charge on any atom is 0.352 e. The molecule has 0 aliphatic rings. The number of hydrogen-bond acceptors (Lipinski definition) is 2. The SMILES string of the molecule is Cc1[nH]c(C(=O)O)c(C)c1CCCCc1c(C)[nH]c(C(=O)O)c1C. The first-order chi connectivity index (χ1) is 11.2. The van der Waals surface area contributed by atoms with E-state index in [1.54, 1.807) is 0 Å².